The SMILES string of the molecule is C=CCCC1CCC2CC(c3ccc(-c4ccc(OC/C=C/C)c(F)c4)c(F)c3F)CCC2C1. The Morgan fingerprint density at radius 3 is 2.53 bits per heavy atom. The average molecular weight is 469 g/mol. The lowest BCUT2D eigenvalue weighted by Crippen LogP contribution is -2.30. The first-order valence-electron chi connectivity index (χ1n) is 12.6. The van der Waals surface area contributed by atoms with E-state index in [2.05, 4.69) is 6.58 Å². The Labute approximate surface area is 201 Å². The van der Waals surface area contributed by atoms with E-state index in [1.165, 1.54) is 37.8 Å². The van der Waals surface area contributed by atoms with Crippen LogP contribution in [0.1, 0.15) is 69.8 Å². The van der Waals surface area contributed by atoms with Crippen molar-refractivity contribution in [2.24, 2.45) is 17.8 Å². The molecule has 2 aliphatic carbocycles. The molecule has 2 aromatic carbocycles. The molecule has 182 valence electrons. The monoisotopic (exact) mass is 468 g/mol. The van der Waals surface area contributed by atoms with E-state index >= 15 is 8.78 Å². The van der Waals surface area contributed by atoms with Crippen LogP contribution >= 0.6 is 0 Å². The summed E-state index contributed by atoms with van der Waals surface area (Å²) in [4.78, 5) is 0. The molecule has 4 rings (SSSR count). The molecule has 2 saturated carbocycles. The number of hydrogen-bond donors (Lipinski definition) is 0. The molecular formula is C30H35F3O. The summed E-state index contributed by atoms with van der Waals surface area (Å²) in [6, 6.07) is 7.55. The molecule has 2 fully saturated rings. The number of rotatable bonds is 8. The van der Waals surface area contributed by atoms with Crippen molar-refractivity contribution in [2.45, 2.75) is 64.2 Å². The summed E-state index contributed by atoms with van der Waals surface area (Å²) >= 11 is 0. The van der Waals surface area contributed by atoms with Crippen LogP contribution in [0.5, 0.6) is 5.75 Å². The van der Waals surface area contributed by atoms with Gasteiger partial charge >= 0.3 is 0 Å². The molecule has 34 heavy (non-hydrogen) atoms. The molecule has 4 unspecified atom stereocenters. The van der Waals surface area contributed by atoms with Gasteiger partial charge in [-0.05, 0) is 98.8 Å². The lowest BCUT2D eigenvalue weighted by Gasteiger charge is -2.42. The number of allylic oxidation sites excluding steroid dienone is 2. The molecule has 4 atom stereocenters. The van der Waals surface area contributed by atoms with E-state index in [0.29, 0.717) is 23.0 Å². The maximum Gasteiger partial charge on any atom is 0.166 e. The summed E-state index contributed by atoms with van der Waals surface area (Å²) in [5, 5.41) is 0. The maximum absolute atomic E-state index is 15.2. The topological polar surface area (TPSA) is 9.23 Å². The minimum atomic E-state index is -0.894. The highest BCUT2D eigenvalue weighted by atomic mass is 19.2. The third-order valence-corrected chi connectivity index (χ3v) is 7.87. The van der Waals surface area contributed by atoms with Crippen molar-refractivity contribution < 1.29 is 17.9 Å². The molecule has 0 aliphatic heterocycles. The van der Waals surface area contributed by atoms with Gasteiger partial charge in [0.05, 0.1) is 0 Å². The van der Waals surface area contributed by atoms with E-state index in [1.807, 2.05) is 19.1 Å². The Kier molecular flexibility index (Phi) is 8.18. The van der Waals surface area contributed by atoms with Gasteiger partial charge in [-0.1, -0.05) is 42.8 Å². The summed E-state index contributed by atoms with van der Waals surface area (Å²) in [7, 11) is 0. The fraction of sp³-hybridized carbons (Fsp3) is 0.467. The normalized spacial score (nSPS) is 24.7. The predicted molar refractivity (Wildman–Crippen MR) is 132 cm³/mol. The first-order chi connectivity index (χ1) is 16.5. The molecule has 0 N–H and O–H groups in total. The van der Waals surface area contributed by atoms with Gasteiger partial charge in [-0.3, -0.25) is 0 Å². The Hall–Kier alpha value is -2.49. The van der Waals surface area contributed by atoms with Gasteiger partial charge < -0.3 is 4.74 Å². The van der Waals surface area contributed by atoms with Gasteiger partial charge in [-0.15, -0.1) is 6.58 Å². The van der Waals surface area contributed by atoms with Gasteiger partial charge in [0, 0.05) is 5.56 Å². The van der Waals surface area contributed by atoms with Crippen molar-refractivity contribution in [2.75, 3.05) is 6.61 Å². The Morgan fingerprint density at radius 1 is 0.971 bits per heavy atom. The zero-order valence-electron chi connectivity index (χ0n) is 20.0. The lowest BCUT2D eigenvalue weighted by molar-refractivity contribution is 0.114. The van der Waals surface area contributed by atoms with Crippen molar-refractivity contribution in [3.63, 3.8) is 0 Å². The number of ether oxygens (including phenoxy) is 1. The Balaban J connectivity index is 1.46. The standard InChI is InChI=1S/C30H35F3O/c1-3-5-7-20-8-9-22-18-23(11-10-21(22)17-20)25-13-14-26(30(33)29(25)32)24-12-15-28(27(31)19-24)34-16-6-4-2/h3-4,6,12-15,19-23H,1,5,7-11,16-18H2,2H3/b6-4+. The Morgan fingerprint density at radius 2 is 1.76 bits per heavy atom. The average Bonchev–Trinajstić information content (AvgIpc) is 2.85. The van der Waals surface area contributed by atoms with Crippen LogP contribution in [-0.4, -0.2) is 6.61 Å². The number of fused-ring (bicyclic) bond motifs is 1. The van der Waals surface area contributed by atoms with Crippen molar-refractivity contribution in [3.05, 3.63) is 78.2 Å². The first kappa shape index (κ1) is 24.6. The molecule has 4 heteroatoms. The first-order valence-corrected chi connectivity index (χ1v) is 12.6. The molecule has 2 aliphatic rings. The third kappa shape index (κ3) is 5.42. The van der Waals surface area contributed by atoms with Crippen molar-refractivity contribution >= 4 is 0 Å². The molecule has 2 aromatic rings. The molecule has 0 aromatic heterocycles. The summed E-state index contributed by atoms with van der Waals surface area (Å²) in [6.07, 6.45) is 14.5. The van der Waals surface area contributed by atoms with Crippen LogP contribution in [0, 0.1) is 35.2 Å². The van der Waals surface area contributed by atoms with Crippen LogP contribution in [0.4, 0.5) is 13.2 Å². The molecule has 1 nitrogen and oxygen atoms in total. The van der Waals surface area contributed by atoms with Crippen molar-refractivity contribution in [1.29, 1.82) is 0 Å². The quantitative estimate of drug-likeness (QED) is 0.351. The zero-order chi connectivity index (χ0) is 24.1. The van der Waals surface area contributed by atoms with E-state index in [-0.39, 0.29) is 23.8 Å². The van der Waals surface area contributed by atoms with Crippen LogP contribution in [-0.2, 0) is 0 Å². The molecule has 0 spiro atoms. The highest BCUT2D eigenvalue weighted by molar-refractivity contribution is 5.66. The summed E-state index contributed by atoms with van der Waals surface area (Å²) in [5.74, 6) is -0.0285. The minimum Gasteiger partial charge on any atom is -0.486 e. The molecule has 0 radical (unpaired) electrons. The van der Waals surface area contributed by atoms with Crippen molar-refractivity contribution in [3.8, 4) is 16.9 Å². The zero-order valence-corrected chi connectivity index (χ0v) is 20.0. The maximum atomic E-state index is 15.2. The van der Waals surface area contributed by atoms with Gasteiger partial charge in [0.15, 0.2) is 23.2 Å². The minimum absolute atomic E-state index is 0.0497. The van der Waals surface area contributed by atoms with Gasteiger partial charge in [0.1, 0.15) is 6.61 Å². The second-order valence-electron chi connectivity index (χ2n) is 9.93. The van der Waals surface area contributed by atoms with E-state index in [4.69, 9.17) is 4.74 Å². The second kappa shape index (κ2) is 11.3. The summed E-state index contributed by atoms with van der Waals surface area (Å²) in [5.41, 5.74) is 0.859. The van der Waals surface area contributed by atoms with Crippen LogP contribution < -0.4 is 4.74 Å². The Bertz CT molecular complexity index is 1030. The van der Waals surface area contributed by atoms with Crippen LogP contribution in [0.15, 0.2) is 55.1 Å². The van der Waals surface area contributed by atoms with E-state index in [9.17, 15) is 4.39 Å². The second-order valence-corrected chi connectivity index (χ2v) is 9.93. The van der Waals surface area contributed by atoms with Crippen molar-refractivity contribution in [1.82, 2.24) is 0 Å². The predicted octanol–water partition coefficient (Wildman–Crippen LogP) is 8.99. The van der Waals surface area contributed by atoms with Gasteiger partial charge in [0.25, 0.3) is 0 Å². The highest BCUT2D eigenvalue weighted by Gasteiger charge is 2.37. The van der Waals surface area contributed by atoms with Gasteiger partial charge in [-0.2, -0.15) is 0 Å². The fourth-order valence-corrected chi connectivity index (χ4v) is 6.01. The van der Waals surface area contributed by atoms with Crippen LogP contribution in [0.25, 0.3) is 11.1 Å². The summed E-state index contributed by atoms with van der Waals surface area (Å²) in [6.45, 7) is 5.95. The molecule has 0 saturated heterocycles. The largest absolute Gasteiger partial charge is 0.486 e. The lowest BCUT2D eigenvalue weighted by atomic mass is 9.63. The third-order valence-electron chi connectivity index (χ3n) is 7.87. The van der Waals surface area contributed by atoms with E-state index < -0.39 is 17.5 Å². The smallest absolute Gasteiger partial charge is 0.166 e. The number of halogens is 3. The van der Waals surface area contributed by atoms with E-state index in [1.54, 1.807) is 24.3 Å². The number of hydrogen-bond acceptors (Lipinski definition) is 1. The number of benzene rings is 2. The molecular weight excluding hydrogens is 433 g/mol. The molecule has 0 heterocycles. The van der Waals surface area contributed by atoms with Crippen LogP contribution in [0.2, 0.25) is 0 Å². The van der Waals surface area contributed by atoms with Crippen LogP contribution in [0.3, 0.4) is 0 Å². The van der Waals surface area contributed by atoms with E-state index in [0.717, 1.165) is 31.6 Å². The van der Waals surface area contributed by atoms with Gasteiger partial charge in [-0.25, -0.2) is 13.2 Å². The summed E-state index contributed by atoms with van der Waals surface area (Å²) < 4.78 is 50.2. The highest BCUT2D eigenvalue weighted by Crippen LogP contribution is 2.49. The fourth-order valence-electron chi connectivity index (χ4n) is 6.01. The van der Waals surface area contributed by atoms with Gasteiger partial charge in [0.2, 0.25) is 0 Å². The molecule has 0 amide bonds. The molecule has 0 bridgehead atoms.